The minimum atomic E-state index is -0.720. The van der Waals surface area contributed by atoms with Crippen molar-refractivity contribution in [1.82, 2.24) is 9.13 Å². The predicted molar refractivity (Wildman–Crippen MR) is 175 cm³/mol. The van der Waals surface area contributed by atoms with Crippen LogP contribution in [0.2, 0.25) is 0 Å². The molecule has 0 amide bonds. The molecule has 3 aromatic carbocycles. The molecule has 6 rings (SSSR count). The van der Waals surface area contributed by atoms with Crippen LogP contribution in [0.25, 0.3) is 17.0 Å². The second-order valence-corrected chi connectivity index (χ2v) is 11.7. The fourth-order valence-electron chi connectivity index (χ4n) is 5.86. The number of benzene rings is 3. The lowest BCUT2D eigenvalue weighted by atomic mass is 9.94. The summed E-state index contributed by atoms with van der Waals surface area (Å²) in [4.78, 5) is 33.2. The Morgan fingerprint density at radius 1 is 1.09 bits per heavy atom. The van der Waals surface area contributed by atoms with Gasteiger partial charge in [0, 0.05) is 29.2 Å². The molecule has 0 N–H and O–H groups in total. The third kappa shape index (κ3) is 5.61. The van der Waals surface area contributed by atoms with Crippen molar-refractivity contribution < 1.29 is 14.3 Å². The number of nitriles is 1. The highest BCUT2D eigenvalue weighted by Crippen LogP contribution is 2.34. The van der Waals surface area contributed by atoms with Gasteiger partial charge in [0.15, 0.2) is 4.80 Å². The van der Waals surface area contributed by atoms with Gasteiger partial charge in [-0.25, -0.2) is 9.79 Å². The van der Waals surface area contributed by atoms with Crippen molar-refractivity contribution in [1.29, 1.82) is 5.26 Å². The van der Waals surface area contributed by atoms with E-state index in [-0.39, 0.29) is 12.2 Å². The van der Waals surface area contributed by atoms with Crippen LogP contribution in [-0.4, -0.2) is 28.8 Å². The highest BCUT2D eigenvalue weighted by molar-refractivity contribution is 7.07. The smallest absolute Gasteiger partial charge is 0.338 e. The molecule has 0 aliphatic carbocycles. The van der Waals surface area contributed by atoms with Crippen molar-refractivity contribution in [3.05, 3.63) is 132 Å². The van der Waals surface area contributed by atoms with Gasteiger partial charge in [0.1, 0.15) is 5.75 Å². The van der Waals surface area contributed by atoms with E-state index >= 15 is 0 Å². The van der Waals surface area contributed by atoms with Gasteiger partial charge in [-0.15, -0.1) is 0 Å². The first kappa shape index (κ1) is 29.9. The molecular formula is C36H32N4O4S. The molecule has 1 atom stereocenters. The summed E-state index contributed by atoms with van der Waals surface area (Å²) in [5.74, 6) is 0.144. The van der Waals surface area contributed by atoms with Crippen LogP contribution in [0.1, 0.15) is 55.0 Å². The largest absolute Gasteiger partial charge is 0.497 e. The predicted octanol–water partition coefficient (Wildman–Crippen LogP) is 5.46. The van der Waals surface area contributed by atoms with E-state index in [9.17, 15) is 14.9 Å². The van der Waals surface area contributed by atoms with Gasteiger partial charge >= 0.3 is 5.97 Å². The number of thiazole rings is 1. The van der Waals surface area contributed by atoms with Gasteiger partial charge in [-0.05, 0) is 54.8 Å². The van der Waals surface area contributed by atoms with Crippen molar-refractivity contribution >= 4 is 34.3 Å². The molecule has 5 aromatic rings. The van der Waals surface area contributed by atoms with Gasteiger partial charge in [-0.2, -0.15) is 5.26 Å². The lowest BCUT2D eigenvalue weighted by Crippen LogP contribution is -2.40. The Balaban J connectivity index is 1.55. The van der Waals surface area contributed by atoms with E-state index in [4.69, 9.17) is 14.5 Å². The van der Waals surface area contributed by atoms with E-state index in [0.29, 0.717) is 44.9 Å². The molecular weight excluding hydrogens is 584 g/mol. The Hall–Kier alpha value is -5.20. The number of fused-ring (bicyclic) bond motifs is 2. The standard InChI is InChI=1S/C36H32N4O4S/c1-4-11-29-32(35(42)44-5-2)33(23-14-10-15-27(18-23)43-3)40-34(41)31(45-36(40)38-29)19-26-22-39(30-17-9-8-16-28(26)30)21-25-13-7-6-12-24(25)20-37/h6-10,12-19,22,33H,4-5,11,21H2,1-3H3/b31-19+/t33-/m1/s1. The zero-order valence-electron chi connectivity index (χ0n) is 25.3. The molecule has 3 heterocycles. The third-order valence-electron chi connectivity index (χ3n) is 7.89. The van der Waals surface area contributed by atoms with E-state index in [1.165, 1.54) is 11.3 Å². The molecule has 0 saturated carbocycles. The SMILES string of the molecule is CCCC1=C(C(=O)OCC)[C@@H](c2cccc(OC)c2)n2c(s/c(=C/c3cn(Cc4ccccc4C#N)c4ccccc34)c2=O)=N1. The van der Waals surface area contributed by atoms with E-state index in [0.717, 1.165) is 34.0 Å². The summed E-state index contributed by atoms with van der Waals surface area (Å²) in [6, 6.07) is 24.6. The Bertz CT molecular complexity index is 2180. The average molecular weight is 617 g/mol. The molecule has 0 unspecified atom stereocenters. The maximum atomic E-state index is 14.3. The topological polar surface area (TPSA) is 98.6 Å². The summed E-state index contributed by atoms with van der Waals surface area (Å²) in [5.41, 5.74) is 4.91. The maximum Gasteiger partial charge on any atom is 0.338 e. The quantitative estimate of drug-likeness (QED) is 0.205. The van der Waals surface area contributed by atoms with Gasteiger partial charge in [-0.3, -0.25) is 9.36 Å². The molecule has 9 heteroatoms. The molecule has 0 saturated heterocycles. The number of carbonyl (C=O) groups excluding carboxylic acids is 1. The number of nitrogens with zero attached hydrogens (tertiary/aromatic N) is 4. The molecule has 0 fully saturated rings. The molecule has 2 aromatic heterocycles. The minimum Gasteiger partial charge on any atom is -0.497 e. The second kappa shape index (κ2) is 12.8. The van der Waals surface area contributed by atoms with Crippen molar-refractivity contribution in [3.8, 4) is 11.8 Å². The zero-order chi connectivity index (χ0) is 31.5. The number of aromatic nitrogens is 2. The van der Waals surface area contributed by atoms with E-state index in [2.05, 4.69) is 10.6 Å². The number of carbonyl (C=O) groups is 1. The Morgan fingerprint density at radius 3 is 2.67 bits per heavy atom. The normalized spacial score (nSPS) is 14.6. The number of methoxy groups -OCH3 is 1. The number of hydrogen-bond acceptors (Lipinski definition) is 7. The van der Waals surface area contributed by atoms with Gasteiger partial charge in [0.05, 0.1) is 47.2 Å². The summed E-state index contributed by atoms with van der Waals surface area (Å²) in [7, 11) is 1.59. The van der Waals surface area contributed by atoms with Crippen LogP contribution in [0.15, 0.2) is 100 Å². The van der Waals surface area contributed by atoms with Gasteiger partial charge in [0.25, 0.3) is 5.56 Å². The van der Waals surface area contributed by atoms with Crippen molar-refractivity contribution in [3.63, 3.8) is 0 Å². The van der Waals surface area contributed by atoms with E-state index < -0.39 is 12.0 Å². The molecule has 0 spiro atoms. The van der Waals surface area contributed by atoms with Crippen molar-refractivity contribution in [2.24, 2.45) is 4.99 Å². The van der Waals surface area contributed by atoms with Crippen LogP contribution in [0.5, 0.6) is 5.75 Å². The van der Waals surface area contributed by atoms with Crippen molar-refractivity contribution in [2.45, 2.75) is 39.3 Å². The monoisotopic (exact) mass is 616 g/mol. The zero-order valence-corrected chi connectivity index (χ0v) is 26.1. The van der Waals surface area contributed by atoms with Crippen LogP contribution in [-0.2, 0) is 16.1 Å². The summed E-state index contributed by atoms with van der Waals surface area (Å²) in [5, 5.41) is 10.6. The molecule has 1 aliphatic rings. The highest BCUT2D eigenvalue weighted by Gasteiger charge is 2.34. The van der Waals surface area contributed by atoms with Crippen LogP contribution < -0.4 is 19.6 Å². The number of allylic oxidation sites excluding steroid dienone is 1. The fourth-order valence-corrected chi connectivity index (χ4v) is 6.87. The number of ether oxygens (including phenoxy) is 2. The molecule has 0 radical (unpaired) electrons. The highest BCUT2D eigenvalue weighted by atomic mass is 32.1. The number of rotatable bonds is 9. The first-order valence-electron chi connectivity index (χ1n) is 14.9. The molecule has 0 bridgehead atoms. The average Bonchev–Trinajstić information content (AvgIpc) is 3.56. The van der Waals surface area contributed by atoms with Gasteiger partial charge in [0.2, 0.25) is 0 Å². The molecule has 1 aliphatic heterocycles. The Kier molecular flexibility index (Phi) is 8.49. The lowest BCUT2D eigenvalue weighted by Gasteiger charge is -2.26. The second-order valence-electron chi connectivity index (χ2n) is 10.7. The number of hydrogen-bond donors (Lipinski definition) is 0. The first-order chi connectivity index (χ1) is 22.0. The molecule has 45 heavy (non-hydrogen) atoms. The summed E-state index contributed by atoms with van der Waals surface area (Å²) in [6.45, 7) is 4.52. The van der Waals surface area contributed by atoms with Crippen LogP contribution >= 0.6 is 11.3 Å². The summed E-state index contributed by atoms with van der Waals surface area (Å²) >= 11 is 1.31. The van der Waals surface area contributed by atoms with Crippen LogP contribution in [0.4, 0.5) is 0 Å². The lowest BCUT2D eigenvalue weighted by molar-refractivity contribution is -0.139. The molecule has 226 valence electrons. The summed E-state index contributed by atoms with van der Waals surface area (Å²) < 4.78 is 15.2. The third-order valence-corrected chi connectivity index (χ3v) is 8.87. The van der Waals surface area contributed by atoms with Crippen molar-refractivity contribution in [2.75, 3.05) is 13.7 Å². The van der Waals surface area contributed by atoms with Gasteiger partial charge in [-0.1, -0.05) is 73.2 Å². The van der Waals surface area contributed by atoms with Crippen LogP contribution in [0, 0.1) is 11.3 Å². The number of para-hydroxylation sites is 1. The first-order valence-corrected chi connectivity index (χ1v) is 15.7. The summed E-state index contributed by atoms with van der Waals surface area (Å²) in [6.07, 6.45) is 5.26. The van der Waals surface area contributed by atoms with E-state index in [1.54, 1.807) is 18.6 Å². The van der Waals surface area contributed by atoms with E-state index in [1.807, 2.05) is 92.0 Å². The van der Waals surface area contributed by atoms with Gasteiger partial charge < -0.3 is 14.0 Å². The minimum absolute atomic E-state index is 0.208. The number of esters is 1. The Morgan fingerprint density at radius 2 is 1.89 bits per heavy atom. The Labute approximate surface area is 264 Å². The maximum absolute atomic E-state index is 14.3. The van der Waals surface area contributed by atoms with Crippen LogP contribution in [0.3, 0.4) is 0 Å². The fraction of sp³-hybridized carbons (Fsp3) is 0.222. The molecule has 8 nitrogen and oxygen atoms in total.